The van der Waals surface area contributed by atoms with Crippen LogP contribution in [0.2, 0.25) is 0 Å². The number of hydrogen-bond donors (Lipinski definition) is 2. The molecule has 6 nitrogen and oxygen atoms in total. The van der Waals surface area contributed by atoms with Gasteiger partial charge in [-0.3, -0.25) is 4.79 Å². The summed E-state index contributed by atoms with van der Waals surface area (Å²) in [5.74, 6) is -0.578. The van der Waals surface area contributed by atoms with Gasteiger partial charge in [-0.05, 0) is 19.1 Å². The smallest absolute Gasteiger partial charge is 0.302 e. The molecular formula is C12H12N4O2. The summed E-state index contributed by atoms with van der Waals surface area (Å²) >= 11 is 0. The summed E-state index contributed by atoms with van der Waals surface area (Å²) in [7, 11) is 0. The molecule has 1 amide bonds. The lowest BCUT2D eigenvalue weighted by molar-refractivity contribution is 0.0998. The molecule has 0 unspecified atom stereocenters. The molecule has 92 valence electrons. The minimum absolute atomic E-state index is 0.0694. The van der Waals surface area contributed by atoms with Gasteiger partial charge >= 0.3 is 5.91 Å². The van der Waals surface area contributed by atoms with Gasteiger partial charge in [0.15, 0.2) is 11.7 Å². The Morgan fingerprint density at radius 2 is 2.17 bits per heavy atom. The molecule has 1 aromatic carbocycles. The number of aryl methyl sites for hydroxylation is 1. The van der Waals surface area contributed by atoms with Crippen molar-refractivity contribution in [1.29, 1.82) is 0 Å². The van der Waals surface area contributed by atoms with E-state index in [4.69, 9.17) is 15.9 Å². The first-order valence-electron chi connectivity index (χ1n) is 5.23. The second kappa shape index (κ2) is 4.70. The van der Waals surface area contributed by atoms with Crippen LogP contribution in [0.5, 0.6) is 0 Å². The van der Waals surface area contributed by atoms with E-state index < -0.39 is 5.91 Å². The second-order valence-electron chi connectivity index (χ2n) is 3.75. The molecular weight excluding hydrogens is 232 g/mol. The molecule has 2 aromatic rings. The topological polar surface area (TPSA) is 108 Å². The number of hydrogen-bond acceptors (Lipinski definition) is 3. The van der Waals surface area contributed by atoms with Gasteiger partial charge in [-0.25, -0.2) is 4.98 Å². The third kappa shape index (κ3) is 2.54. The van der Waals surface area contributed by atoms with E-state index in [-0.39, 0.29) is 11.7 Å². The fraction of sp³-hybridized carbons (Fsp3) is 0.0833. The predicted molar refractivity (Wildman–Crippen MR) is 66.8 cm³/mol. The lowest BCUT2D eigenvalue weighted by Crippen LogP contribution is -2.24. The van der Waals surface area contributed by atoms with Crippen molar-refractivity contribution in [3.8, 4) is 11.5 Å². The molecule has 0 radical (unpaired) electrons. The largest absolute Gasteiger partial charge is 0.444 e. The number of aromatic nitrogens is 1. The van der Waals surface area contributed by atoms with Crippen LogP contribution in [-0.2, 0) is 0 Å². The van der Waals surface area contributed by atoms with E-state index in [9.17, 15) is 4.79 Å². The Labute approximate surface area is 103 Å². The number of aliphatic imine (C=N–C) groups is 1. The first-order chi connectivity index (χ1) is 8.56. The van der Waals surface area contributed by atoms with Crippen molar-refractivity contribution < 1.29 is 9.21 Å². The van der Waals surface area contributed by atoms with E-state index in [1.54, 1.807) is 0 Å². The van der Waals surface area contributed by atoms with E-state index in [1.165, 1.54) is 6.26 Å². The highest BCUT2D eigenvalue weighted by Crippen LogP contribution is 2.19. The van der Waals surface area contributed by atoms with Crippen molar-refractivity contribution in [3.63, 3.8) is 0 Å². The van der Waals surface area contributed by atoms with Gasteiger partial charge in [0.25, 0.3) is 0 Å². The third-order valence-corrected chi connectivity index (χ3v) is 2.22. The molecule has 0 aliphatic heterocycles. The molecule has 0 spiro atoms. The van der Waals surface area contributed by atoms with Gasteiger partial charge in [0.2, 0.25) is 5.89 Å². The molecule has 0 saturated heterocycles. The lowest BCUT2D eigenvalue weighted by Gasteiger charge is -1.96. The number of oxazole rings is 1. The molecule has 0 atom stereocenters. The van der Waals surface area contributed by atoms with Gasteiger partial charge in [-0.2, -0.15) is 4.99 Å². The minimum atomic E-state index is -0.627. The Hall–Kier alpha value is -2.63. The van der Waals surface area contributed by atoms with Crippen LogP contribution in [0.25, 0.3) is 11.5 Å². The maximum atomic E-state index is 11.5. The fourth-order valence-corrected chi connectivity index (χ4v) is 1.46. The Morgan fingerprint density at radius 3 is 2.83 bits per heavy atom. The minimum Gasteiger partial charge on any atom is -0.444 e. The van der Waals surface area contributed by atoms with Gasteiger partial charge in [0.05, 0.1) is 0 Å². The zero-order valence-corrected chi connectivity index (χ0v) is 9.75. The predicted octanol–water partition coefficient (Wildman–Crippen LogP) is 1.06. The van der Waals surface area contributed by atoms with E-state index in [2.05, 4.69) is 9.98 Å². The summed E-state index contributed by atoms with van der Waals surface area (Å²) < 4.78 is 5.23. The molecule has 0 saturated carbocycles. The van der Waals surface area contributed by atoms with E-state index in [1.807, 2.05) is 31.2 Å². The third-order valence-electron chi connectivity index (χ3n) is 2.22. The van der Waals surface area contributed by atoms with Crippen LogP contribution in [-0.4, -0.2) is 16.9 Å². The number of carbonyl (C=O) groups excluding carboxylic acids is 1. The molecule has 1 aromatic heterocycles. The summed E-state index contributed by atoms with van der Waals surface area (Å²) in [5, 5.41) is 0. The average Bonchev–Trinajstić information content (AvgIpc) is 2.77. The van der Waals surface area contributed by atoms with Crippen molar-refractivity contribution in [3.05, 3.63) is 41.8 Å². The highest BCUT2D eigenvalue weighted by Gasteiger charge is 2.12. The van der Waals surface area contributed by atoms with Gasteiger partial charge in [0, 0.05) is 5.56 Å². The number of benzene rings is 1. The fourth-order valence-electron chi connectivity index (χ4n) is 1.46. The first-order valence-corrected chi connectivity index (χ1v) is 5.23. The number of carbonyl (C=O) groups is 1. The van der Waals surface area contributed by atoms with Gasteiger partial charge in [-0.1, -0.05) is 17.7 Å². The summed E-state index contributed by atoms with van der Waals surface area (Å²) in [4.78, 5) is 18.9. The van der Waals surface area contributed by atoms with Crippen molar-refractivity contribution in [1.82, 2.24) is 4.98 Å². The molecule has 2 rings (SSSR count). The normalized spacial score (nSPS) is 10.1. The van der Waals surface area contributed by atoms with Gasteiger partial charge in [0.1, 0.15) is 6.26 Å². The van der Waals surface area contributed by atoms with Crippen LogP contribution < -0.4 is 11.5 Å². The standard InChI is InChI=1S/C12H12N4O2/c1-7-3-2-4-8(5-7)11-15-9(6-18-11)10(17)16-12(13)14/h2-6H,1H3,(H4,13,14,16,17). The van der Waals surface area contributed by atoms with Crippen molar-refractivity contribution >= 4 is 11.9 Å². The van der Waals surface area contributed by atoms with E-state index in [0.29, 0.717) is 5.89 Å². The number of nitrogens with zero attached hydrogens (tertiary/aromatic N) is 2. The summed E-state index contributed by atoms with van der Waals surface area (Å²) in [6.07, 6.45) is 1.23. The highest BCUT2D eigenvalue weighted by molar-refractivity contribution is 6.00. The Morgan fingerprint density at radius 1 is 1.39 bits per heavy atom. The number of nitrogens with two attached hydrogens (primary N) is 2. The van der Waals surface area contributed by atoms with Gasteiger partial charge in [-0.15, -0.1) is 0 Å². The van der Waals surface area contributed by atoms with Gasteiger partial charge < -0.3 is 15.9 Å². The molecule has 0 fully saturated rings. The summed E-state index contributed by atoms with van der Waals surface area (Å²) in [6, 6.07) is 7.58. The first kappa shape index (κ1) is 11.8. The van der Waals surface area contributed by atoms with Crippen molar-refractivity contribution in [2.24, 2.45) is 16.5 Å². The lowest BCUT2D eigenvalue weighted by atomic mass is 10.1. The summed E-state index contributed by atoms with van der Waals surface area (Å²) in [5.41, 5.74) is 12.2. The zero-order valence-electron chi connectivity index (χ0n) is 9.75. The van der Waals surface area contributed by atoms with Crippen LogP contribution in [0.4, 0.5) is 0 Å². The van der Waals surface area contributed by atoms with Crippen molar-refractivity contribution in [2.45, 2.75) is 6.92 Å². The molecule has 18 heavy (non-hydrogen) atoms. The Balaban J connectivity index is 2.31. The molecule has 0 aliphatic carbocycles. The maximum Gasteiger partial charge on any atom is 0.302 e. The average molecular weight is 244 g/mol. The molecule has 1 heterocycles. The summed E-state index contributed by atoms with van der Waals surface area (Å²) in [6.45, 7) is 1.96. The van der Waals surface area contributed by atoms with Crippen LogP contribution in [0, 0.1) is 6.92 Å². The molecule has 4 N–H and O–H groups in total. The number of rotatable bonds is 2. The van der Waals surface area contributed by atoms with Crippen LogP contribution >= 0.6 is 0 Å². The SMILES string of the molecule is Cc1cccc(-c2nc(C(=O)N=C(N)N)co2)c1. The second-order valence-corrected chi connectivity index (χ2v) is 3.75. The van der Waals surface area contributed by atoms with Crippen LogP contribution in [0.1, 0.15) is 16.1 Å². The molecule has 0 aliphatic rings. The quantitative estimate of drug-likeness (QED) is 0.606. The van der Waals surface area contributed by atoms with Crippen LogP contribution in [0.3, 0.4) is 0 Å². The van der Waals surface area contributed by atoms with E-state index >= 15 is 0 Å². The Kier molecular flexibility index (Phi) is 3.09. The van der Waals surface area contributed by atoms with E-state index in [0.717, 1.165) is 11.1 Å². The monoisotopic (exact) mass is 244 g/mol. The zero-order chi connectivity index (χ0) is 13.1. The van der Waals surface area contributed by atoms with Crippen LogP contribution in [0.15, 0.2) is 39.9 Å². The highest BCUT2D eigenvalue weighted by atomic mass is 16.3. The molecule has 6 heteroatoms. The Bertz CT molecular complexity index is 612. The molecule has 0 bridgehead atoms. The van der Waals surface area contributed by atoms with Crippen molar-refractivity contribution in [2.75, 3.05) is 0 Å². The maximum absolute atomic E-state index is 11.5. The number of guanidine groups is 1. The number of amides is 1.